The van der Waals surface area contributed by atoms with E-state index in [4.69, 9.17) is 9.52 Å². The number of carboxylic acid groups (broad SMARTS) is 1. The van der Waals surface area contributed by atoms with Crippen molar-refractivity contribution in [1.82, 2.24) is 14.2 Å². The molecule has 7 nitrogen and oxygen atoms in total. The van der Waals surface area contributed by atoms with Crippen LogP contribution in [0.15, 0.2) is 33.9 Å². The molecule has 1 N–H and O–H groups in total. The maximum atomic E-state index is 12.3. The minimum Gasteiger partial charge on any atom is -0.480 e. The third-order valence-corrected chi connectivity index (χ3v) is 3.15. The van der Waals surface area contributed by atoms with Gasteiger partial charge in [-0.1, -0.05) is 6.92 Å². The molecule has 0 saturated carbocycles. The number of carboxylic acids is 1. The largest absolute Gasteiger partial charge is 0.480 e. The summed E-state index contributed by atoms with van der Waals surface area (Å²) in [6.45, 7) is 1.70. The fraction of sp³-hybridized carbons (Fsp3) is 0.250. The SMILES string of the molecule is CC[C@@H](C(=O)O)n1ncn2c(cc3occc32)c1=O. The second-order valence-electron chi connectivity index (χ2n) is 4.21. The molecule has 19 heavy (non-hydrogen) atoms. The highest BCUT2D eigenvalue weighted by Crippen LogP contribution is 2.19. The van der Waals surface area contributed by atoms with E-state index in [1.165, 1.54) is 12.6 Å². The lowest BCUT2D eigenvalue weighted by Crippen LogP contribution is -2.32. The second-order valence-corrected chi connectivity index (χ2v) is 4.21. The van der Waals surface area contributed by atoms with Gasteiger partial charge in [0.15, 0.2) is 11.6 Å². The lowest BCUT2D eigenvalue weighted by molar-refractivity contribution is -0.141. The van der Waals surface area contributed by atoms with Crippen molar-refractivity contribution in [2.24, 2.45) is 0 Å². The molecule has 0 aromatic carbocycles. The Morgan fingerprint density at radius 3 is 3.00 bits per heavy atom. The van der Waals surface area contributed by atoms with Gasteiger partial charge in [-0.3, -0.25) is 9.20 Å². The number of nitrogens with zero attached hydrogens (tertiary/aromatic N) is 3. The standard InChI is InChI=1S/C12H11N3O4/c1-2-7(12(17)18)15-11(16)9-5-10-8(3-4-19-10)14(9)6-13-15/h3-7H,2H2,1H3,(H,17,18)/t7-/m0/s1. The normalized spacial score (nSPS) is 13.1. The van der Waals surface area contributed by atoms with Crippen LogP contribution < -0.4 is 5.56 Å². The van der Waals surface area contributed by atoms with Gasteiger partial charge in [-0.2, -0.15) is 5.10 Å². The van der Waals surface area contributed by atoms with E-state index in [1.54, 1.807) is 23.5 Å². The molecule has 3 aromatic heterocycles. The van der Waals surface area contributed by atoms with Crippen molar-refractivity contribution in [3.63, 3.8) is 0 Å². The molecule has 0 radical (unpaired) electrons. The number of furan rings is 1. The highest BCUT2D eigenvalue weighted by atomic mass is 16.4. The number of hydrogen-bond donors (Lipinski definition) is 1. The average Bonchev–Trinajstić information content (AvgIpc) is 2.93. The van der Waals surface area contributed by atoms with Crippen LogP contribution >= 0.6 is 0 Å². The molecule has 7 heteroatoms. The zero-order chi connectivity index (χ0) is 13.6. The summed E-state index contributed by atoms with van der Waals surface area (Å²) < 4.78 is 7.81. The van der Waals surface area contributed by atoms with Crippen LogP contribution in [0.2, 0.25) is 0 Å². The minimum absolute atomic E-state index is 0.287. The summed E-state index contributed by atoms with van der Waals surface area (Å²) in [4.78, 5) is 23.4. The lowest BCUT2D eigenvalue weighted by atomic mass is 10.2. The van der Waals surface area contributed by atoms with Crippen LogP contribution in [0.25, 0.3) is 16.6 Å². The summed E-state index contributed by atoms with van der Waals surface area (Å²) in [6.07, 6.45) is 3.24. The zero-order valence-electron chi connectivity index (χ0n) is 10.1. The van der Waals surface area contributed by atoms with Crippen molar-refractivity contribution in [3.05, 3.63) is 35.1 Å². The molecule has 0 unspecified atom stereocenters. The van der Waals surface area contributed by atoms with Gasteiger partial charge in [0.05, 0.1) is 11.8 Å². The van der Waals surface area contributed by atoms with Crippen LogP contribution in [0.1, 0.15) is 19.4 Å². The Balaban J connectivity index is 2.31. The molecule has 0 aliphatic rings. The molecular weight excluding hydrogens is 250 g/mol. The summed E-state index contributed by atoms with van der Waals surface area (Å²) in [5, 5.41) is 13.0. The molecule has 0 fully saturated rings. The highest BCUT2D eigenvalue weighted by molar-refractivity contribution is 5.82. The van der Waals surface area contributed by atoms with Crippen molar-refractivity contribution in [1.29, 1.82) is 0 Å². The molecule has 0 aliphatic heterocycles. The molecular formula is C12H11N3O4. The molecule has 0 aliphatic carbocycles. The van der Waals surface area contributed by atoms with E-state index in [9.17, 15) is 9.59 Å². The van der Waals surface area contributed by atoms with E-state index in [-0.39, 0.29) is 6.42 Å². The van der Waals surface area contributed by atoms with Gasteiger partial charge in [0, 0.05) is 12.1 Å². The second kappa shape index (κ2) is 3.98. The molecule has 0 amide bonds. The van der Waals surface area contributed by atoms with Crippen molar-refractivity contribution in [2.75, 3.05) is 0 Å². The maximum absolute atomic E-state index is 12.3. The third-order valence-electron chi connectivity index (χ3n) is 3.15. The first-order chi connectivity index (χ1) is 9.13. The summed E-state index contributed by atoms with van der Waals surface area (Å²) in [7, 11) is 0. The Bertz CT molecular complexity index is 826. The van der Waals surface area contributed by atoms with Crippen LogP contribution in [0.5, 0.6) is 0 Å². The van der Waals surface area contributed by atoms with Gasteiger partial charge in [-0.05, 0) is 6.42 Å². The predicted octanol–water partition coefficient (Wildman–Crippen LogP) is 1.28. The first kappa shape index (κ1) is 11.5. The number of aliphatic carboxylic acids is 1. The quantitative estimate of drug-likeness (QED) is 0.767. The first-order valence-corrected chi connectivity index (χ1v) is 5.82. The van der Waals surface area contributed by atoms with E-state index >= 15 is 0 Å². The Morgan fingerprint density at radius 1 is 1.53 bits per heavy atom. The van der Waals surface area contributed by atoms with Gasteiger partial charge < -0.3 is 9.52 Å². The van der Waals surface area contributed by atoms with E-state index in [0.717, 1.165) is 10.2 Å². The molecule has 3 rings (SSSR count). The Hall–Kier alpha value is -2.57. The molecule has 1 atom stereocenters. The first-order valence-electron chi connectivity index (χ1n) is 5.82. The number of rotatable bonds is 3. The van der Waals surface area contributed by atoms with E-state index in [1.807, 2.05) is 0 Å². The fourth-order valence-electron chi connectivity index (χ4n) is 2.19. The van der Waals surface area contributed by atoms with Gasteiger partial charge in [-0.25, -0.2) is 9.48 Å². The van der Waals surface area contributed by atoms with Crippen molar-refractivity contribution in [2.45, 2.75) is 19.4 Å². The number of aromatic nitrogens is 3. The minimum atomic E-state index is -1.07. The van der Waals surface area contributed by atoms with Gasteiger partial charge in [0.2, 0.25) is 0 Å². The number of fused-ring (bicyclic) bond motifs is 3. The topological polar surface area (TPSA) is 89.7 Å². The molecule has 3 aromatic rings. The average molecular weight is 261 g/mol. The lowest BCUT2D eigenvalue weighted by Gasteiger charge is -2.11. The highest BCUT2D eigenvalue weighted by Gasteiger charge is 2.21. The summed E-state index contributed by atoms with van der Waals surface area (Å²) >= 11 is 0. The molecule has 98 valence electrons. The molecule has 0 saturated heterocycles. The van der Waals surface area contributed by atoms with Gasteiger partial charge in [-0.15, -0.1) is 0 Å². The number of hydrogen-bond acceptors (Lipinski definition) is 4. The maximum Gasteiger partial charge on any atom is 0.328 e. The monoisotopic (exact) mass is 261 g/mol. The molecule has 0 bridgehead atoms. The summed E-state index contributed by atoms with van der Waals surface area (Å²) in [6, 6.07) is 2.35. The fourth-order valence-corrected chi connectivity index (χ4v) is 2.19. The van der Waals surface area contributed by atoms with Crippen LogP contribution in [-0.2, 0) is 4.79 Å². The Kier molecular flexibility index (Phi) is 2.41. The Labute approximate surface area is 106 Å². The van der Waals surface area contributed by atoms with Crippen LogP contribution in [0.3, 0.4) is 0 Å². The van der Waals surface area contributed by atoms with E-state index in [2.05, 4.69) is 5.10 Å². The smallest absolute Gasteiger partial charge is 0.328 e. The molecule has 3 heterocycles. The van der Waals surface area contributed by atoms with Gasteiger partial charge >= 0.3 is 5.97 Å². The van der Waals surface area contributed by atoms with Crippen molar-refractivity contribution >= 4 is 22.6 Å². The van der Waals surface area contributed by atoms with E-state index < -0.39 is 17.6 Å². The van der Waals surface area contributed by atoms with Crippen LogP contribution in [-0.4, -0.2) is 25.3 Å². The van der Waals surface area contributed by atoms with Gasteiger partial charge in [0.1, 0.15) is 11.8 Å². The van der Waals surface area contributed by atoms with Crippen molar-refractivity contribution in [3.8, 4) is 0 Å². The summed E-state index contributed by atoms with van der Waals surface area (Å²) in [5.41, 5.74) is 1.21. The zero-order valence-corrected chi connectivity index (χ0v) is 10.1. The van der Waals surface area contributed by atoms with Crippen molar-refractivity contribution < 1.29 is 14.3 Å². The third kappa shape index (κ3) is 1.55. The predicted molar refractivity (Wildman–Crippen MR) is 66.2 cm³/mol. The molecule has 0 spiro atoms. The number of carbonyl (C=O) groups is 1. The van der Waals surface area contributed by atoms with E-state index in [0.29, 0.717) is 11.1 Å². The van der Waals surface area contributed by atoms with Crippen LogP contribution in [0, 0.1) is 0 Å². The van der Waals surface area contributed by atoms with Gasteiger partial charge in [0.25, 0.3) is 5.56 Å². The van der Waals surface area contributed by atoms with Crippen LogP contribution in [0.4, 0.5) is 0 Å². The summed E-state index contributed by atoms with van der Waals surface area (Å²) in [5.74, 6) is -1.07. The Morgan fingerprint density at radius 2 is 2.32 bits per heavy atom.